The summed E-state index contributed by atoms with van der Waals surface area (Å²) in [5, 5.41) is 13.6. The summed E-state index contributed by atoms with van der Waals surface area (Å²) < 4.78 is 52.0. The van der Waals surface area contributed by atoms with Gasteiger partial charge in [-0.05, 0) is 25.0 Å². The van der Waals surface area contributed by atoms with Crippen LogP contribution in [0.25, 0.3) is 11.2 Å². The van der Waals surface area contributed by atoms with Crippen LogP contribution in [-0.2, 0) is 23.4 Å². The topological polar surface area (TPSA) is 173 Å². The summed E-state index contributed by atoms with van der Waals surface area (Å²) in [7, 11) is -4.32. The Balaban J connectivity index is 1.53. The second-order valence-corrected chi connectivity index (χ2v) is 11.6. The maximum absolute atomic E-state index is 14.0. The molecule has 226 valence electrons. The highest BCUT2D eigenvalue weighted by atomic mass is 31.2. The minimum Gasteiger partial charge on any atom is -0.464 e. The summed E-state index contributed by atoms with van der Waals surface area (Å²) in [5.41, 5.74) is 4.11. The zero-order valence-corrected chi connectivity index (χ0v) is 24.4. The van der Waals surface area contributed by atoms with Crippen molar-refractivity contribution in [3.63, 3.8) is 0 Å². The third-order valence-electron chi connectivity index (χ3n) is 7.02. The molecule has 3 aromatic rings. The van der Waals surface area contributed by atoms with Crippen molar-refractivity contribution >= 4 is 30.7 Å². The van der Waals surface area contributed by atoms with Crippen LogP contribution in [0.4, 0.5) is 10.2 Å². The van der Waals surface area contributed by atoms with Crippen molar-refractivity contribution in [3.05, 3.63) is 42.7 Å². The van der Waals surface area contributed by atoms with Gasteiger partial charge in [-0.15, -0.1) is 6.42 Å². The van der Waals surface area contributed by atoms with Crippen LogP contribution in [0, 0.1) is 24.3 Å². The number of aromatic nitrogens is 4. The van der Waals surface area contributed by atoms with E-state index < -0.39 is 50.4 Å². The zero-order valence-electron chi connectivity index (χ0n) is 23.5. The van der Waals surface area contributed by atoms with Crippen molar-refractivity contribution in [2.24, 2.45) is 5.92 Å². The predicted molar refractivity (Wildman–Crippen MR) is 150 cm³/mol. The number of aliphatic hydroxyl groups is 1. The first-order valence-electron chi connectivity index (χ1n) is 13.5. The summed E-state index contributed by atoms with van der Waals surface area (Å²) in [6, 6.07) is 7.09. The number of aliphatic hydroxyl groups excluding tert-OH is 1. The number of rotatable bonds is 13. The maximum atomic E-state index is 14.0. The van der Waals surface area contributed by atoms with E-state index in [4.69, 9.17) is 30.7 Å². The molecule has 1 fully saturated rings. The van der Waals surface area contributed by atoms with Crippen LogP contribution in [0.2, 0.25) is 0 Å². The van der Waals surface area contributed by atoms with Crippen molar-refractivity contribution < 1.29 is 37.4 Å². The molecular formula is C27H34FN6O7P. The number of anilines is 1. The highest BCUT2D eigenvalue weighted by Crippen LogP contribution is 2.48. The van der Waals surface area contributed by atoms with Gasteiger partial charge in [-0.25, -0.2) is 9.55 Å². The fourth-order valence-electron chi connectivity index (χ4n) is 4.37. The zero-order chi connectivity index (χ0) is 30.5. The van der Waals surface area contributed by atoms with E-state index in [-0.39, 0.29) is 41.7 Å². The number of terminal acetylenes is 1. The molecule has 1 aliphatic rings. The van der Waals surface area contributed by atoms with Crippen LogP contribution in [-0.4, -0.2) is 61.6 Å². The van der Waals surface area contributed by atoms with Gasteiger partial charge in [0, 0.05) is 6.42 Å². The smallest absolute Gasteiger partial charge is 0.459 e. The van der Waals surface area contributed by atoms with Gasteiger partial charge in [-0.1, -0.05) is 50.8 Å². The van der Waals surface area contributed by atoms with E-state index in [0.29, 0.717) is 0 Å². The van der Waals surface area contributed by atoms with Gasteiger partial charge in [0.2, 0.25) is 0 Å². The maximum Gasteiger partial charge on any atom is 0.459 e. The van der Waals surface area contributed by atoms with E-state index >= 15 is 0 Å². The van der Waals surface area contributed by atoms with Gasteiger partial charge in [0.25, 0.3) is 0 Å². The van der Waals surface area contributed by atoms with Gasteiger partial charge in [0.05, 0.1) is 12.9 Å². The molecule has 0 bridgehead atoms. The number of esters is 1. The summed E-state index contributed by atoms with van der Waals surface area (Å²) in [5.74, 6) is 1.96. The van der Waals surface area contributed by atoms with Gasteiger partial charge in [-0.3, -0.25) is 13.9 Å². The lowest BCUT2D eigenvalue weighted by Crippen LogP contribution is -2.43. The molecule has 4 rings (SSSR count). The van der Waals surface area contributed by atoms with Crippen LogP contribution in [0.5, 0.6) is 5.75 Å². The molecule has 2 aromatic heterocycles. The number of benzene rings is 1. The van der Waals surface area contributed by atoms with Crippen LogP contribution >= 0.6 is 7.75 Å². The Labute approximate surface area is 242 Å². The molecule has 4 N–H and O–H groups in total. The third kappa shape index (κ3) is 6.88. The molecule has 1 saturated heterocycles. The minimum atomic E-state index is -4.32. The van der Waals surface area contributed by atoms with Gasteiger partial charge in [-0.2, -0.15) is 19.4 Å². The Bertz CT molecular complexity index is 1480. The van der Waals surface area contributed by atoms with Crippen LogP contribution < -0.4 is 15.3 Å². The van der Waals surface area contributed by atoms with E-state index in [9.17, 15) is 18.9 Å². The third-order valence-corrected chi connectivity index (χ3v) is 8.65. The van der Waals surface area contributed by atoms with E-state index in [1.54, 1.807) is 30.3 Å². The molecule has 0 unspecified atom stereocenters. The number of nitrogens with zero attached hydrogens (tertiary/aromatic N) is 4. The first-order valence-corrected chi connectivity index (χ1v) is 15.0. The quantitative estimate of drug-likeness (QED) is 0.113. The highest BCUT2D eigenvalue weighted by molar-refractivity contribution is 7.52. The number of carbonyl (C=O) groups is 1. The lowest BCUT2D eigenvalue weighted by molar-refractivity contribution is -0.146. The first-order chi connectivity index (χ1) is 20.0. The Kier molecular flexibility index (Phi) is 9.81. The van der Waals surface area contributed by atoms with Crippen molar-refractivity contribution in [2.45, 2.75) is 64.0 Å². The van der Waals surface area contributed by atoms with Crippen molar-refractivity contribution in [3.8, 4) is 18.1 Å². The summed E-state index contributed by atoms with van der Waals surface area (Å²) >= 11 is 0. The van der Waals surface area contributed by atoms with E-state index in [1.807, 2.05) is 13.8 Å². The van der Waals surface area contributed by atoms with Crippen LogP contribution in [0.15, 0.2) is 36.7 Å². The largest absolute Gasteiger partial charge is 0.464 e. The SMILES string of the molecule is C#C[C@]1(CO[P@@](=O)(N[C@@H](C)C(=O)OCC(CC)CC)Oc2ccccc2)O[C@@H](n2cnc3c(N)nc(F)nc32)C[C@@H]1O. The molecule has 0 amide bonds. The van der Waals surface area contributed by atoms with Crippen LogP contribution in [0.3, 0.4) is 0 Å². The highest BCUT2D eigenvalue weighted by Gasteiger charge is 2.50. The summed E-state index contributed by atoms with van der Waals surface area (Å²) in [4.78, 5) is 24.0. The molecule has 42 heavy (non-hydrogen) atoms. The van der Waals surface area contributed by atoms with E-state index in [1.165, 1.54) is 17.8 Å². The molecule has 13 nitrogen and oxygen atoms in total. The van der Waals surface area contributed by atoms with E-state index in [2.05, 4.69) is 26.0 Å². The Morgan fingerprint density at radius 2 is 2.07 bits per heavy atom. The van der Waals surface area contributed by atoms with Gasteiger partial charge in [0.15, 0.2) is 22.6 Å². The average Bonchev–Trinajstić information content (AvgIpc) is 3.54. The normalized spacial score (nSPS) is 22.5. The standard InChI is InChI=1S/C27H34FN6O7P/c1-5-18(6-2)14-38-25(36)17(4)33-42(37,41-19-11-9-8-10-12-19)39-15-27(7-3)20(35)13-21(40-27)34-16-30-22-23(29)31-26(28)32-24(22)34/h3,8-12,16-18,20-21,35H,5-6,13-15H2,1-2,4H3,(H,33,37)(H2,29,31,32)/t17-,20-,21+,27+,42-/m0/s1. The number of fused-ring (bicyclic) bond motifs is 1. The van der Waals surface area contributed by atoms with Crippen LogP contribution in [0.1, 0.15) is 46.3 Å². The molecule has 0 saturated carbocycles. The van der Waals surface area contributed by atoms with E-state index in [0.717, 1.165) is 12.8 Å². The number of carbonyl (C=O) groups excluding carboxylic acids is 1. The molecule has 15 heteroatoms. The molecule has 0 radical (unpaired) electrons. The molecular weight excluding hydrogens is 570 g/mol. The number of para-hydroxylation sites is 1. The fourth-order valence-corrected chi connectivity index (χ4v) is 5.90. The van der Waals surface area contributed by atoms with Crippen molar-refractivity contribution in [1.29, 1.82) is 0 Å². The number of nitrogens with two attached hydrogens (primary N) is 1. The molecule has 5 atom stereocenters. The number of hydrogen-bond donors (Lipinski definition) is 3. The minimum absolute atomic E-state index is 0.0337. The monoisotopic (exact) mass is 604 g/mol. The molecule has 1 aliphatic heterocycles. The van der Waals surface area contributed by atoms with Crippen molar-refractivity contribution in [1.82, 2.24) is 24.6 Å². The van der Waals surface area contributed by atoms with Gasteiger partial charge >= 0.3 is 19.8 Å². The number of hydrogen-bond acceptors (Lipinski definition) is 11. The Morgan fingerprint density at radius 3 is 2.74 bits per heavy atom. The number of imidazole rings is 1. The number of nitrogens with one attached hydrogen (secondary N) is 1. The average molecular weight is 605 g/mol. The second-order valence-electron chi connectivity index (χ2n) is 9.90. The number of ether oxygens (including phenoxy) is 2. The van der Waals surface area contributed by atoms with Gasteiger partial charge < -0.3 is 24.8 Å². The molecule has 1 aromatic carbocycles. The fraction of sp³-hybridized carbons (Fsp3) is 0.481. The number of halogens is 1. The summed E-state index contributed by atoms with van der Waals surface area (Å²) in [6.45, 7) is 5.08. The summed E-state index contributed by atoms with van der Waals surface area (Å²) in [6.07, 6.45) is 5.36. The molecule has 3 heterocycles. The second kappa shape index (κ2) is 13.1. The Hall–Kier alpha value is -3.60. The number of nitrogen functional groups attached to an aromatic ring is 1. The molecule has 0 aliphatic carbocycles. The van der Waals surface area contributed by atoms with Crippen molar-refractivity contribution in [2.75, 3.05) is 18.9 Å². The predicted octanol–water partition coefficient (Wildman–Crippen LogP) is 3.36. The lowest BCUT2D eigenvalue weighted by atomic mass is 9.99. The Morgan fingerprint density at radius 1 is 1.36 bits per heavy atom. The lowest BCUT2D eigenvalue weighted by Gasteiger charge is -2.29. The first kappa shape index (κ1) is 31.3. The molecule has 0 spiro atoms. The van der Waals surface area contributed by atoms with Gasteiger partial charge in [0.1, 0.15) is 30.7 Å².